The fourth-order valence-corrected chi connectivity index (χ4v) is 4.09. The third kappa shape index (κ3) is 5.38. The molecule has 0 atom stereocenters. The van der Waals surface area contributed by atoms with Gasteiger partial charge in [-0.05, 0) is 48.5 Å². The fraction of sp³-hybridized carbons (Fsp3) is 0.0870. The van der Waals surface area contributed by atoms with Crippen LogP contribution in [0.1, 0.15) is 16.2 Å². The Kier molecular flexibility index (Phi) is 6.27. The van der Waals surface area contributed by atoms with Gasteiger partial charge < -0.3 is 9.15 Å². The summed E-state index contributed by atoms with van der Waals surface area (Å²) in [5.41, 5.74) is 0.372. The average Bonchev–Trinajstić information content (AvgIpc) is 3.27. The first kappa shape index (κ1) is 21.3. The minimum Gasteiger partial charge on any atom is -0.457 e. The van der Waals surface area contributed by atoms with Gasteiger partial charge in [0.2, 0.25) is 5.89 Å². The lowest BCUT2D eigenvalue weighted by molar-refractivity contribution is 0.102. The number of aryl methyl sites for hydroxylation is 1. The van der Waals surface area contributed by atoms with Crippen molar-refractivity contribution >= 4 is 21.8 Å². The molecule has 0 aliphatic rings. The molecule has 1 amide bonds. The second-order valence-corrected chi connectivity index (χ2v) is 8.89. The Hall–Kier alpha value is -3.98. The van der Waals surface area contributed by atoms with E-state index in [2.05, 4.69) is 15.5 Å². The first-order valence-corrected chi connectivity index (χ1v) is 11.4. The van der Waals surface area contributed by atoms with Crippen LogP contribution in [-0.2, 0) is 16.3 Å². The van der Waals surface area contributed by atoms with E-state index in [-0.39, 0.29) is 29.0 Å². The van der Waals surface area contributed by atoms with Crippen molar-refractivity contribution in [1.29, 1.82) is 0 Å². The van der Waals surface area contributed by atoms with E-state index in [0.29, 0.717) is 17.1 Å². The summed E-state index contributed by atoms with van der Waals surface area (Å²) >= 11 is 0. The summed E-state index contributed by atoms with van der Waals surface area (Å²) in [5, 5.41) is 10.1. The summed E-state index contributed by atoms with van der Waals surface area (Å²) in [6.07, 6.45) is 0.0334. The molecule has 9 heteroatoms. The van der Waals surface area contributed by atoms with Gasteiger partial charge in [0.25, 0.3) is 5.91 Å². The Labute approximate surface area is 184 Å². The maximum atomic E-state index is 12.4. The molecular weight excluding hydrogens is 430 g/mol. The minimum absolute atomic E-state index is 0.0334. The second kappa shape index (κ2) is 9.44. The molecule has 0 unspecified atom stereocenters. The topological polar surface area (TPSA) is 111 Å². The predicted octanol–water partition coefficient (Wildman–Crippen LogP) is 4.13. The van der Waals surface area contributed by atoms with Crippen molar-refractivity contribution in [3.8, 4) is 11.5 Å². The number of rotatable bonds is 8. The predicted molar refractivity (Wildman–Crippen MR) is 117 cm³/mol. The molecule has 0 bridgehead atoms. The quantitative estimate of drug-likeness (QED) is 0.430. The number of anilines is 1. The van der Waals surface area contributed by atoms with Gasteiger partial charge in [0, 0.05) is 12.0 Å². The van der Waals surface area contributed by atoms with Crippen LogP contribution in [0.5, 0.6) is 11.5 Å². The van der Waals surface area contributed by atoms with E-state index in [1.54, 1.807) is 42.5 Å². The number of nitrogens with one attached hydrogen (secondary N) is 1. The van der Waals surface area contributed by atoms with Crippen LogP contribution in [0, 0.1) is 0 Å². The molecule has 8 nitrogen and oxygen atoms in total. The SMILES string of the molecule is O=C(Nc1nnc(CCS(=O)(=O)c2ccccc2)o1)c1ccc(Oc2ccccc2)cc1. The molecule has 1 aromatic heterocycles. The maximum Gasteiger partial charge on any atom is 0.322 e. The third-order valence-corrected chi connectivity index (χ3v) is 6.20. The number of carbonyl (C=O) groups excluding carboxylic acids is 1. The van der Waals surface area contributed by atoms with Crippen LogP contribution in [0.2, 0.25) is 0 Å². The molecule has 4 rings (SSSR count). The van der Waals surface area contributed by atoms with E-state index >= 15 is 0 Å². The van der Waals surface area contributed by atoms with E-state index in [1.807, 2.05) is 30.3 Å². The van der Waals surface area contributed by atoms with Gasteiger partial charge in [-0.3, -0.25) is 10.1 Å². The highest BCUT2D eigenvalue weighted by molar-refractivity contribution is 7.91. The van der Waals surface area contributed by atoms with Crippen LogP contribution < -0.4 is 10.1 Å². The smallest absolute Gasteiger partial charge is 0.322 e. The third-order valence-electron chi connectivity index (χ3n) is 4.47. The number of sulfone groups is 1. The molecule has 4 aromatic rings. The van der Waals surface area contributed by atoms with Crippen LogP contribution in [0.4, 0.5) is 6.01 Å². The Morgan fingerprint density at radius 2 is 1.47 bits per heavy atom. The fourth-order valence-electron chi connectivity index (χ4n) is 2.84. The van der Waals surface area contributed by atoms with E-state index < -0.39 is 15.7 Å². The Morgan fingerprint density at radius 3 is 2.16 bits per heavy atom. The number of hydrogen-bond donors (Lipinski definition) is 1. The monoisotopic (exact) mass is 449 g/mol. The molecule has 0 fully saturated rings. The highest BCUT2D eigenvalue weighted by Crippen LogP contribution is 2.21. The molecule has 0 aliphatic heterocycles. The van der Waals surface area contributed by atoms with Crippen LogP contribution >= 0.6 is 0 Å². The lowest BCUT2D eigenvalue weighted by Crippen LogP contribution is -2.12. The Morgan fingerprint density at radius 1 is 0.844 bits per heavy atom. The number of aromatic nitrogens is 2. The molecule has 0 saturated heterocycles. The molecule has 32 heavy (non-hydrogen) atoms. The number of ether oxygens (including phenoxy) is 1. The number of para-hydroxylation sites is 1. The molecule has 1 N–H and O–H groups in total. The number of carbonyl (C=O) groups is 1. The lowest BCUT2D eigenvalue weighted by atomic mass is 10.2. The van der Waals surface area contributed by atoms with Gasteiger partial charge in [-0.25, -0.2) is 8.42 Å². The maximum absolute atomic E-state index is 12.4. The highest BCUT2D eigenvalue weighted by atomic mass is 32.2. The highest BCUT2D eigenvalue weighted by Gasteiger charge is 2.17. The zero-order chi connectivity index (χ0) is 22.4. The number of benzene rings is 3. The Bertz CT molecular complexity index is 1290. The number of hydrogen-bond acceptors (Lipinski definition) is 7. The van der Waals surface area contributed by atoms with Crippen molar-refractivity contribution in [1.82, 2.24) is 10.2 Å². The van der Waals surface area contributed by atoms with E-state index in [1.165, 1.54) is 12.1 Å². The molecule has 162 valence electrons. The normalized spacial score (nSPS) is 11.1. The van der Waals surface area contributed by atoms with Crippen molar-refractivity contribution in [3.63, 3.8) is 0 Å². The zero-order valence-corrected chi connectivity index (χ0v) is 17.7. The van der Waals surface area contributed by atoms with Crippen molar-refractivity contribution < 1.29 is 22.4 Å². The molecular formula is C23H19N3O5S. The van der Waals surface area contributed by atoms with Gasteiger partial charge in [-0.15, -0.1) is 5.10 Å². The lowest BCUT2D eigenvalue weighted by Gasteiger charge is -2.06. The van der Waals surface area contributed by atoms with Gasteiger partial charge in [0.15, 0.2) is 9.84 Å². The summed E-state index contributed by atoms with van der Waals surface area (Å²) in [6, 6.07) is 23.9. The first-order valence-electron chi connectivity index (χ1n) is 9.74. The first-order chi connectivity index (χ1) is 15.5. The summed E-state index contributed by atoms with van der Waals surface area (Å²) < 4.78 is 35.8. The minimum atomic E-state index is -3.47. The summed E-state index contributed by atoms with van der Waals surface area (Å²) in [5.74, 6) is 0.773. The number of nitrogens with zero attached hydrogens (tertiary/aromatic N) is 2. The van der Waals surface area contributed by atoms with E-state index in [4.69, 9.17) is 9.15 Å². The molecule has 1 heterocycles. The van der Waals surface area contributed by atoms with Crippen LogP contribution in [0.3, 0.4) is 0 Å². The van der Waals surface area contributed by atoms with E-state index in [9.17, 15) is 13.2 Å². The van der Waals surface area contributed by atoms with Crippen molar-refractivity contribution in [2.24, 2.45) is 0 Å². The van der Waals surface area contributed by atoms with Crippen molar-refractivity contribution in [2.75, 3.05) is 11.1 Å². The van der Waals surface area contributed by atoms with Crippen molar-refractivity contribution in [3.05, 3.63) is 96.4 Å². The molecule has 0 radical (unpaired) electrons. The summed E-state index contributed by atoms with van der Waals surface area (Å²) in [7, 11) is -3.47. The molecule has 0 spiro atoms. The van der Waals surface area contributed by atoms with Crippen LogP contribution in [0.25, 0.3) is 0 Å². The average molecular weight is 449 g/mol. The van der Waals surface area contributed by atoms with Crippen molar-refractivity contribution in [2.45, 2.75) is 11.3 Å². The van der Waals surface area contributed by atoms with E-state index in [0.717, 1.165) is 0 Å². The van der Waals surface area contributed by atoms with Gasteiger partial charge in [-0.1, -0.05) is 41.5 Å². The van der Waals surface area contributed by atoms with Gasteiger partial charge in [0.05, 0.1) is 10.6 Å². The van der Waals surface area contributed by atoms with Gasteiger partial charge in [0.1, 0.15) is 11.5 Å². The molecule has 0 aliphatic carbocycles. The number of amides is 1. The Balaban J connectivity index is 1.33. The zero-order valence-electron chi connectivity index (χ0n) is 16.8. The second-order valence-electron chi connectivity index (χ2n) is 6.78. The standard InChI is InChI=1S/C23H19N3O5S/c27-22(17-11-13-19(14-12-17)30-18-7-3-1-4-8-18)24-23-26-25-21(31-23)15-16-32(28,29)20-9-5-2-6-10-20/h1-14H,15-16H2,(H,24,26,27). The largest absolute Gasteiger partial charge is 0.457 e. The molecule has 0 saturated carbocycles. The summed E-state index contributed by atoms with van der Waals surface area (Å²) in [6.45, 7) is 0. The summed E-state index contributed by atoms with van der Waals surface area (Å²) in [4.78, 5) is 12.6. The van der Waals surface area contributed by atoms with Gasteiger partial charge in [-0.2, -0.15) is 0 Å². The van der Waals surface area contributed by atoms with Gasteiger partial charge >= 0.3 is 6.01 Å². The van der Waals surface area contributed by atoms with Crippen LogP contribution in [-0.4, -0.2) is 30.3 Å². The van der Waals surface area contributed by atoms with Crippen LogP contribution in [0.15, 0.2) is 94.2 Å². The molecule has 3 aromatic carbocycles.